The molecule has 1 radical (unpaired) electrons. The molecule has 1 amide bonds. The molecule has 65 valence electrons. The summed E-state index contributed by atoms with van der Waals surface area (Å²) in [5.41, 5.74) is 2.21. The van der Waals surface area contributed by atoms with Gasteiger partial charge in [-0.3, -0.25) is 9.78 Å². The Balaban J connectivity index is 2.46. The maximum absolute atomic E-state index is 10.9. The van der Waals surface area contributed by atoms with Gasteiger partial charge in [0.1, 0.15) is 0 Å². The first-order valence-corrected chi connectivity index (χ1v) is 3.91. The Morgan fingerprint density at radius 1 is 1.38 bits per heavy atom. The van der Waals surface area contributed by atoms with E-state index in [-0.39, 0.29) is 5.91 Å². The molecule has 1 aliphatic rings. The summed E-state index contributed by atoms with van der Waals surface area (Å²) in [5, 5.41) is 6.76. The third-order valence-electron chi connectivity index (χ3n) is 1.80. The number of aromatic nitrogens is 1. The monoisotopic (exact) mass is 174 g/mol. The van der Waals surface area contributed by atoms with Gasteiger partial charge in [0.15, 0.2) is 0 Å². The summed E-state index contributed by atoms with van der Waals surface area (Å²) >= 11 is 0. The van der Waals surface area contributed by atoms with Crippen molar-refractivity contribution in [3.8, 4) is 0 Å². The largest absolute Gasteiger partial charge is 0.387 e. The van der Waals surface area contributed by atoms with Gasteiger partial charge in [0.25, 0.3) is 5.91 Å². The van der Waals surface area contributed by atoms with Crippen molar-refractivity contribution in [1.82, 2.24) is 10.3 Å². The molecule has 13 heavy (non-hydrogen) atoms. The van der Waals surface area contributed by atoms with Gasteiger partial charge in [0.05, 0.1) is 23.3 Å². The van der Waals surface area contributed by atoms with E-state index in [0.717, 1.165) is 11.4 Å². The molecule has 0 aliphatic carbocycles. The second kappa shape index (κ2) is 2.90. The molecular weight excluding hydrogens is 166 g/mol. The van der Waals surface area contributed by atoms with E-state index in [1.807, 2.05) is 0 Å². The fourth-order valence-corrected chi connectivity index (χ4v) is 1.12. The molecule has 0 unspecified atom stereocenters. The predicted molar refractivity (Wildman–Crippen MR) is 49.6 cm³/mol. The zero-order valence-electron chi connectivity index (χ0n) is 7.11. The van der Waals surface area contributed by atoms with E-state index in [0.29, 0.717) is 5.69 Å². The fraction of sp³-hybridized carbons (Fsp3) is 0.111. The Morgan fingerprint density at radius 3 is 3.00 bits per heavy atom. The number of anilines is 1. The van der Waals surface area contributed by atoms with Crippen LogP contribution in [-0.2, 0) is 4.79 Å². The lowest BCUT2D eigenvalue weighted by atomic mass is 10.2. The number of fused-ring (bicyclic) bond motifs is 1. The van der Waals surface area contributed by atoms with Crippen LogP contribution < -0.4 is 10.6 Å². The van der Waals surface area contributed by atoms with Gasteiger partial charge in [-0.15, -0.1) is 0 Å². The minimum Gasteiger partial charge on any atom is -0.387 e. The van der Waals surface area contributed by atoms with Crippen LogP contribution >= 0.6 is 0 Å². The van der Waals surface area contributed by atoms with Crippen molar-refractivity contribution >= 4 is 23.4 Å². The summed E-state index contributed by atoms with van der Waals surface area (Å²) in [6, 6.07) is 1.80. The van der Waals surface area contributed by atoms with E-state index in [1.165, 1.54) is 6.08 Å². The maximum Gasteiger partial charge on any atom is 0.270 e. The molecule has 1 aliphatic heterocycles. The van der Waals surface area contributed by atoms with Crippen LogP contribution in [0.5, 0.6) is 0 Å². The van der Waals surface area contributed by atoms with E-state index in [9.17, 15) is 4.79 Å². The van der Waals surface area contributed by atoms with E-state index in [4.69, 9.17) is 0 Å². The average molecular weight is 174 g/mol. The Kier molecular flexibility index (Phi) is 1.73. The molecule has 0 fully saturated rings. The topological polar surface area (TPSA) is 56.1 Å². The van der Waals surface area contributed by atoms with Gasteiger partial charge in [0, 0.05) is 13.1 Å². The van der Waals surface area contributed by atoms with Gasteiger partial charge < -0.3 is 5.32 Å². The van der Waals surface area contributed by atoms with Crippen molar-refractivity contribution in [3.63, 3.8) is 0 Å². The van der Waals surface area contributed by atoms with Crippen molar-refractivity contribution < 1.29 is 4.79 Å². The van der Waals surface area contributed by atoms with Gasteiger partial charge in [0.2, 0.25) is 0 Å². The quantitative estimate of drug-likeness (QED) is 0.688. The number of hydrogen-bond donors (Lipinski definition) is 1. The summed E-state index contributed by atoms with van der Waals surface area (Å²) in [5.74, 6) is -0.234. The molecule has 0 spiro atoms. The Labute approximate surface area is 75.7 Å². The first kappa shape index (κ1) is 7.79. The number of rotatable bonds is 1. The van der Waals surface area contributed by atoms with Crippen LogP contribution in [-0.4, -0.2) is 17.9 Å². The van der Waals surface area contributed by atoms with Crippen molar-refractivity contribution in [1.29, 1.82) is 0 Å². The molecule has 0 saturated heterocycles. The Bertz CT molecular complexity index is 384. The minimum atomic E-state index is -0.234. The summed E-state index contributed by atoms with van der Waals surface area (Å²) < 4.78 is 0. The lowest BCUT2D eigenvalue weighted by Crippen LogP contribution is -2.12. The molecule has 2 rings (SSSR count). The van der Waals surface area contributed by atoms with Crippen LogP contribution in [0.4, 0.5) is 11.4 Å². The highest BCUT2D eigenvalue weighted by molar-refractivity contribution is 5.98. The molecule has 0 bridgehead atoms. The third-order valence-corrected chi connectivity index (χ3v) is 1.80. The number of amides is 1. The van der Waals surface area contributed by atoms with Gasteiger partial charge in [-0.05, 0) is 12.1 Å². The zero-order chi connectivity index (χ0) is 9.26. The van der Waals surface area contributed by atoms with Crippen LogP contribution in [0.3, 0.4) is 0 Å². The lowest BCUT2D eigenvalue weighted by Gasteiger charge is -2.09. The highest BCUT2D eigenvalue weighted by Crippen LogP contribution is 2.22. The smallest absolute Gasteiger partial charge is 0.270 e. The maximum atomic E-state index is 10.9. The first-order chi connectivity index (χ1) is 6.29. The molecule has 4 nitrogen and oxygen atoms in total. The minimum absolute atomic E-state index is 0.234. The van der Waals surface area contributed by atoms with Crippen LogP contribution in [0, 0.1) is 0 Å². The second-order valence-corrected chi connectivity index (χ2v) is 2.66. The van der Waals surface area contributed by atoms with Crippen molar-refractivity contribution in [2.24, 2.45) is 0 Å². The van der Waals surface area contributed by atoms with Crippen LogP contribution in [0.15, 0.2) is 18.3 Å². The molecule has 1 aromatic rings. The van der Waals surface area contributed by atoms with Crippen molar-refractivity contribution in [2.75, 3.05) is 12.4 Å². The van der Waals surface area contributed by atoms with Crippen molar-refractivity contribution in [2.45, 2.75) is 0 Å². The molecule has 0 aromatic carbocycles. The summed E-state index contributed by atoms with van der Waals surface area (Å²) in [7, 11) is 1.80. The van der Waals surface area contributed by atoms with Crippen LogP contribution in [0.1, 0.15) is 5.69 Å². The molecule has 1 N–H and O–H groups in total. The number of carbonyl (C=O) groups is 1. The zero-order valence-corrected chi connectivity index (χ0v) is 7.11. The van der Waals surface area contributed by atoms with E-state index in [1.54, 1.807) is 25.4 Å². The Morgan fingerprint density at radius 2 is 2.23 bits per heavy atom. The van der Waals surface area contributed by atoms with Gasteiger partial charge in [-0.1, -0.05) is 0 Å². The number of carbonyl (C=O) groups excluding carboxylic acids is 1. The van der Waals surface area contributed by atoms with E-state index >= 15 is 0 Å². The molecule has 2 heterocycles. The predicted octanol–water partition coefficient (Wildman–Crippen LogP) is 0.913. The highest BCUT2D eigenvalue weighted by atomic mass is 16.1. The third kappa shape index (κ3) is 1.38. The lowest BCUT2D eigenvalue weighted by molar-refractivity contribution is -0.115. The molecule has 0 saturated carbocycles. The van der Waals surface area contributed by atoms with Crippen LogP contribution in [0.25, 0.3) is 6.08 Å². The molecule has 4 heteroatoms. The molecule has 1 aromatic heterocycles. The van der Waals surface area contributed by atoms with Gasteiger partial charge >= 0.3 is 0 Å². The number of nitrogens with zero attached hydrogens (tertiary/aromatic N) is 2. The normalized spacial score (nSPS) is 13.5. The summed E-state index contributed by atoms with van der Waals surface area (Å²) in [4.78, 5) is 15.1. The van der Waals surface area contributed by atoms with Crippen LogP contribution in [0.2, 0.25) is 0 Å². The highest BCUT2D eigenvalue weighted by Gasteiger charge is 2.12. The summed E-state index contributed by atoms with van der Waals surface area (Å²) in [6.45, 7) is 0. The SMILES string of the molecule is CNc1cnc2c(c1)[N]C(=O)C=C2. The number of nitrogens with one attached hydrogen (secondary N) is 1. The van der Waals surface area contributed by atoms with Gasteiger partial charge in [-0.2, -0.15) is 0 Å². The van der Waals surface area contributed by atoms with Gasteiger partial charge in [-0.25, -0.2) is 5.32 Å². The number of pyridine rings is 1. The summed E-state index contributed by atoms with van der Waals surface area (Å²) in [6.07, 6.45) is 4.78. The standard InChI is InChI=1S/C9H8N3O/c1-10-6-4-8-7(11-5-6)2-3-9(13)12-8/h2-5,10H,1H3. The molecule has 0 atom stereocenters. The average Bonchev–Trinajstić information content (AvgIpc) is 2.16. The molecular formula is C9H8N3O. The van der Waals surface area contributed by atoms with E-state index in [2.05, 4.69) is 15.6 Å². The fourth-order valence-electron chi connectivity index (χ4n) is 1.12. The second-order valence-electron chi connectivity index (χ2n) is 2.66. The van der Waals surface area contributed by atoms with E-state index < -0.39 is 0 Å². The Hall–Kier alpha value is -1.84. The first-order valence-electron chi connectivity index (χ1n) is 3.91. The van der Waals surface area contributed by atoms with Crippen molar-refractivity contribution in [3.05, 3.63) is 24.0 Å². The number of hydrogen-bond acceptors (Lipinski definition) is 3.